The first-order valence-electron chi connectivity index (χ1n) is 5.20. The first-order valence-corrected chi connectivity index (χ1v) is 5.58. The van der Waals surface area contributed by atoms with Gasteiger partial charge in [-0.25, -0.2) is 9.67 Å². The largest absolute Gasteiger partial charge is 0.409 e. The molecule has 0 fully saturated rings. The number of aromatic nitrogens is 3. The molecule has 0 aliphatic heterocycles. The van der Waals surface area contributed by atoms with Crippen molar-refractivity contribution in [2.45, 2.75) is 13.8 Å². The van der Waals surface area contributed by atoms with Crippen LogP contribution in [-0.4, -0.2) is 25.8 Å². The molecular formula is C11H12ClN5O. The Labute approximate surface area is 109 Å². The molecule has 2 aromatic rings. The van der Waals surface area contributed by atoms with Gasteiger partial charge in [0.15, 0.2) is 11.7 Å². The number of rotatable bonds is 2. The van der Waals surface area contributed by atoms with Gasteiger partial charge in [-0.2, -0.15) is 5.10 Å². The molecule has 0 saturated carbocycles. The molecule has 3 N–H and O–H groups in total. The van der Waals surface area contributed by atoms with E-state index in [1.165, 1.54) is 0 Å². The third-order valence-electron chi connectivity index (χ3n) is 2.42. The normalized spacial score (nSPS) is 11.8. The summed E-state index contributed by atoms with van der Waals surface area (Å²) in [4.78, 5) is 4.32. The summed E-state index contributed by atoms with van der Waals surface area (Å²) in [5, 5.41) is 16.4. The second-order valence-corrected chi connectivity index (χ2v) is 4.25. The van der Waals surface area contributed by atoms with Crippen LogP contribution < -0.4 is 5.73 Å². The molecule has 0 amide bonds. The van der Waals surface area contributed by atoms with E-state index in [2.05, 4.69) is 15.2 Å². The van der Waals surface area contributed by atoms with Crippen LogP contribution in [0.2, 0.25) is 5.02 Å². The molecule has 6 nitrogen and oxygen atoms in total. The summed E-state index contributed by atoms with van der Waals surface area (Å²) in [6.45, 7) is 3.62. The third kappa shape index (κ3) is 2.28. The number of oxime groups is 1. The van der Waals surface area contributed by atoms with E-state index in [-0.39, 0.29) is 5.84 Å². The zero-order valence-electron chi connectivity index (χ0n) is 9.92. The Morgan fingerprint density at radius 2 is 2.17 bits per heavy atom. The second-order valence-electron chi connectivity index (χ2n) is 3.85. The average Bonchev–Trinajstić information content (AvgIpc) is 2.68. The van der Waals surface area contributed by atoms with E-state index in [0.717, 1.165) is 5.69 Å². The van der Waals surface area contributed by atoms with E-state index in [4.69, 9.17) is 22.5 Å². The Morgan fingerprint density at radius 1 is 1.44 bits per heavy atom. The van der Waals surface area contributed by atoms with Crippen LogP contribution in [0.5, 0.6) is 0 Å². The van der Waals surface area contributed by atoms with Crippen molar-refractivity contribution in [2.75, 3.05) is 0 Å². The number of nitrogens with two attached hydrogens (primary N) is 1. The highest BCUT2D eigenvalue weighted by Crippen LogP contribution is 2.16. The number of aryl methyl sites for hydroxylation is 2. The summed E-state index contributed by atoms with van der Waals surface area (Å²) < 4.78 is 1.55. The van der Waals surface area contributed by atoms with Gasteiger partial charge >= 0.3 is 0 Å². The highest BCUT2D eigenvalue weighted by Gasteiger charge is 2.09. The van der Waals surface area contributed by atoms with E-state index in [0.29, 0.717) is 22.1 Å². The van der Waals surface area contributed by atoms with E-state index >= 15 is 0 Å². The van der Waals surface area contributed by atoms with Crippen molar-refractivity contribution in [1.29, 1.82) is 0 Å². The van der Waals surface area contributed by atoms with Crippen LogP contribution in [0.1, 0.15) is 17.0 Å². The van der Waals surface area contributed by atoms with Crippen molar-refractivity contribution in [1.82, 2.24) is 14.8 Å². The summed E-state index contributed by atoms with van der Waals surface area (Å²) >= 11 is 5.95. The van der Waals surface area contributed by atoms with Crippen LogP contribution >= 0.6 is 11.6 Å². The Bertz CT molecular complexity index is 600. The molecule has 0 atom stereocenters. The molecule has 2 aromatic heterocycles. The quantitative estimate of drug-likeness (QED) is 0.374. The van der Waals surface area contributed by atoms with E-state index in [1.807, 2.05) is 6.92 Å². The van der Waals surface area contributed by atoms with Crippen LogP contribution in [0.4, 0.5) is 0 Å². The molecule has 94 valence electrons. The first-order chi connectivity index (χ1) is 8.51. The molecule has 0 spiro atoms. The number of halogens is 1. The lowest BCUT2D eigenvalue weighted by atomic mass is 10.2. The van der Waals surface area contributed by atoms with Crippen molar-refractivity contribution in [2.24, 2.45) is 10.9 Å². The molecule has 0 aromatic carbocycles. The van der Waals surface area contributed by atoms with Crippen LogP contribution in [0, 0.1) is 13.8 Å². The van der Waals surface area contributed by atoms with Crippen molar-refractivity contribution in [3.05, 3.63) is 40.3 Å². The van der Waals surface area contributed by atoms with Crippen molar-refractivity contribution >= 4 is 17.4 Å². The maximum absolute atomic E-state index is 8.69. The van der Waals surface area contributed by atoms with Gasteiger partial charge in [0.1, 0.15) is 0 Å². The predicted octanol–water partition coefficient (Wildman–Crippen LogP) is 1.63. The fourth-order valence-electron chi connectivity index (χ4n) is 1.53. The predicted molar refractivity (Wildman–Crippen MR) is 68.4 cm³/mol. The molecule has 2 heterocycles. The lowest BCUT2D eigenvalue weighted by molar-refractivity contribution is 0.318. The molecule has 0 aliphatic rings. The van der Waals surface area contributed by atoms with Gasteiger partial charge in [0.25, 0.3) is 0 Å². The minimum Gasteiger partial charge on any atom is -0.409 e. The third-order valence-corrected chi connectivity index (χ3v) is 2.79. The van der Waals surface area contributed by atoms with E-state index in [9.17, 15) is 0 Å². The first kappa shape index (κ1) is 12.4. The standard InChI is InChI=1S/C11H12ClN5O/c1-6-3-8(11(13)16-18)4-10(14-6)17-5-9(12)7(2)15-17/h3-5,18H,1-2H3,(H2,13,16). The van der Waals surface area contributed by atoms with Gasteiger partial charge in [0.2, 0.25) is 0 Å². The number of nitrogens with zero attached hydrogens (tertiary/aromatic N) is 4. The molecule has 18 heavy (non-hydrogen) atoms. The highest BCUT2D eigenvalue weighted by molar-refractivity contribution is 6.31. The summed E-state index contributed by atoms with van der Waals surface area (Å²) in [7, 11) is 0. The average molecular weight is 266 g/mol. The molecule has 0 aliphatic carbocycles. The topological polar surface area (TPSA) is 89.3 Å². The van der Waals surface area contributed by atoms with Gasteiger partial charge in [0, 0.05) is 11.3 Å². The van der Waals surface area contributed by atoms with Crippen molar-refractivity contribution in [3.8, 4) is 5.82 Å². The minimum absolute atomic E-state index is 0.0247. The minimum atomic E-state index is 0.0247. The van der Waals surface area contributed by atoms with Crippen LogP contribution in [0.15, 0.2) is 23.5 Å². The summed E-state index contributed by atoms with van der Waals surface area (Å²) in [6, 6.07) is 3.39. The van der Waals surface area contributed by atoms with E-state index < -0.39 is 0 Å². The fourth-order valence-corrected chi connectivity index (χ4v) is 1.66. The van der Waals surface area contributed by atoms with Crippen LogP contribution in [0.25, 0.3) is 5.82 Å². The number of hydrogen-bond acceptors (Lipinski definition) is 4. The Hall–Kier alpha value is -2.08. The lowest BCUT2D eigenvalue weighted by Crippen LogP contribution is -2.14. The molecular weight excluding hydrogens is 254 g/mol. The second kappa shape index (κ2) is 4.66. The van der Waals surface area contributed by atoms with Gasteiger partial charge in [0.05, 0.1) is 16.9 Å². The smallest absolute Gasteiger partial charge is 0.170 e. The van der Waals surface area contributed by atoms with Gasteiger partial charge in [-0.1, -0.05) is 16.8 Å². The van der Waals surface area contributed by atoms with Gasteiger partial charge in [-0.05, 0) is 26.0 Å². The number of amidine groups is 1. The van der Waals surface area contributed by atoms with Crippen molar-refractivity contribution < 1.29 is 5.21 Å². The molecule has 0 radical (unpaired) electrons. The Balaban J connectivity index is 2.54. The maximum Gasteiger partial charge on any atom is 0.170 e. The molecule has 7 heteroatoms. The fraction of sp³-hybridized carbons (Fsp3) is 0.182. The van der Waals surface area contributed by atoms with Crippen LogP contribution in [-0.2, 0) is 0 Å². The Kier molecular flexibility index (Phi) is 3.20. The number of pyridine rings is 1. The number of hydrogen-bond donors (Lipinski definition) is 2. The molecule has 2 rings (SSSR count). The Morgan fingerprint density at radius 3 is 2.72 bits per heavy atom. The zero-order chi connectivity index (χ0) is 13.3. The highest BCUT2D eigenvalue weighted by atomic mass is 35.5. The summed E-state index contributed by atoms with van der Waals surface area (Å²) in [6.07, 6.45) is 1.66. The van der Waals surface area contributed by atoms with Gasteiger partial charge < -0.3 is 10.9 Å². The van der Waals surface area contributed by atoms with Crippen LogP contribution in [0.3, 0.4) is 0 Å². The van der Waals surface area contributed by atoms with Crippen molar-refractivity contribution in [3.63, 3.8) is 0 Å². The summed E-state index contributed by atoms with van der Waals surface area (Å²) in [5.74, 6) is 0.586. The molecule has 0 saturated heterocycles. The lowest BCUT2D eigenvalue weighted by Gasteiger charge is -2.05. The maximum atomic E-state index is 8.69. The van der Waals surface area contributed by atoms with Gasteiger partial charge in [-0.3, -0.25) is 0 Å². The van der Waals surface area contributed by atoms with Gasteiger partial charge in [-0.15, -0.1) is 0 Å². The zero-order valence-corrected chi connectivity index (χ0v) is 10.7. The SMILES string of the molecule is Cc1cc(/C(N)=N/O)cc(-n2cc(Cl)c(C)n2)n1. The van der Waals surface area contributed by atoms with E-state index in [1.54, 1.807) is 29.9 Å². The molecule has 0 bridgehead atoms. The monoisotopic (exact) mass is 265 g/mol. The summed E-state index contributed by atoms with van der Waals surface area (Å²) in [5.41, 5.74) is 7.58. The molecule has 0 unspecified atom stereocenters.